The van der Waals surface area contributed by atoms with Gasteiger partial charge < -0.3 is 10.1 Å². The maximum absolute atomic E-state index is 12.4. The van der Waals surface area contributed by atoms with Gasteiger partial charge in [0.15, 0.2) is 0 Å². The lowest BCUT2D eigenvalue weighted by atomic mass is 9.95. The van der Waals surface area contributed by atoms with E-state index in [4.69, 9.17) is 10.00 Å². The third-order valence-electron chi connectivity index (χ3n) is 4.66. The second kappa shape index (κ2) is 6.63. The second-order valence-corrected chi connectivity index (χ2v) is 6.32. The van der Waals surface area contributed by atoms with Crippen LogP contribution in [-0.4, -0.2) is 42.1 Å². The van der Waals surface area contributed by atoms with E-state index in [1.54, 1.807) is 18.2 Å². The highest BCUT2D eigenvalue weighted by atomic mass is 16.5. The molecule has 2 aliphatic heterocycles. The van der Waals surface area contributed by atoms with E-state index in [1.165, 1.54) is 0 Å². The van der Waals surface area contributed by atoms with Crippen LogP contribution in [0.2, 0.25) is 0 Å². The van der Waals surface area contributed by atoms with Gasteiger partial charge in [0.25, 0.3) is 0 Å². The van der Waals surface area contributed by atoms with Gasteiger partial charge in [0, 0.05) is 31.5 Å². The fourth-order valence-corrected chi connectivity index (χ4v) is 3.34. The Labute approximate surface area is 146 Å². The summed E-state index contributed by atoms with van der Waals surface area (Å²) in [5.41, 5.74) is 3.95. The zero-order chi connectivity index (χ0) is 17.2. The number of morpholine rings is 1. The number of carbonyl (C=O) groups excluding carboxylic acids is 1. The molecule has 0 bridgehead atoms. The van der Waals surface area contributed by atoms with Crippen LogP contribution >= 0.6 is 0 Å². The Bertz CT molecular complexity index is 835. The molecule has 1 amide bonds. The highest BCUT2D eigenvalue weighted by Gasteiger charge is 2.33. The maximum atomic E-state index is 12.4. The van der Waals surface area contributed by atoms with Crippen LogP contribution in [0.3, 0.4) is 0 Å². The van der Waals surface area contributed by atoms with Crippen molar-refractivity contribution in [3.05, 3.63) is 58.9 Å². The summed E-state index contributed by atoms with van der Waals surface area (Å²) in [4.78, 5) is 19.2. The monoisotopic (exact) mass is 334 g/mol. The first-order valence-electron chi connectivity index (χ1n) is 8.34. The van der Waals surface area contributed by atoms with Gasteiger partial charge in [-0.1, -0.05) is 6.07 Å². The van der Waals surface area contributed by atoms with Gasteiger partial charge in [0.2, 0.25) is 5.91 Å². The summed E-state index contributed by atoms with van der Waals surface area (Å²) in [5.74, 6) is -0.556. The number of hydrogen-bond donors (Lipinski definition) is 1. The van der Waals surface area contributed by atoms with Crippen LogP contribution in [0.4, 0.5) is 5.69 Å². The molecule has 2 aromatic rings. The van der Waals surface area contributed by atoms with E-state index >= 15 is 0 Å². The third-order valence-corrected chi connectivity index (χ3v) is 4.66. The number of benzene rings is 1. The molecule has 1 saturated heterocycles. The summed E-state index contributed by atoms with van der Waals surface area (Å²) < 4.78 is 5.36. The molecule has 1 atom stereocenters. The van der Waals surface area contributed by atoms with E-state index in [-0.39, 0.29) is 5.91 Å². The first-order chi connectivity index (χ1) is 12.2. The zero-order valence-corrected chi connectivity index (χ0v) is 13.7. The van der Waals surface area contributed by atoms with E-state index in [1.807, 2.05) is 18.3 Å². The number of carbonyl (C=O) groups is 1. The van der Waals surface area contributed by atoms with E-state index in [2.05, 4.69) is 21.3 Å². The van der Waals surface area contributed by atoms with E-state index in [0.717, 1.165) is 49.7 Å². The fraction of sp³-hybridized carbons (Fsp3) is 0.316. The van der Waals surface area contributed by atoms with Gasteiger partial charge in [0.05, 0.1) is 30.5 Å². The van der Waals surface area contributed by atoms with Crippen LogP contribution in [0.15, 0.2) is 36.5 Å². The Morgan fingerprint density at radius 1 is 1.28 bits per heavy atom. The Balaban J connectivity index is 1.56. The van der Waals surface area contributed by atoms with Crippen molar-refractivity contribution in [2.75, 3.05) is 31.6 Å². The molecule has 0 unspecified atom stereocenters. The normalized spacial score (nSPS) is 20.0. The highest BCUT2D eigenvalue weighted by Crippen LogP contribution is 2.36. The number of nitrogens with one attached hydrogen (secondary N) is 1. The summed E-state index contributed by atoms with van der Waals surface area (Å²) in [6.45, 7) is 4.23. The van der Waals surface area contributed by atoms with Gasteiger partial charge in [-0.05, 0) is 35.4 Å². The topological polar surface area (TPSA) is 78.2 Å². The molecule has 2 aliphatic rings. The Hall–Kier alpha value is -2.75. The molecule has 0 spiro atoms. The molecule has 1 N–H and O–H groups in total. The second-order valence-electron chi connectivity index (χ2n) is 6.32. The Morgan fingerprint density at radius 3 is 2.84 bits per heavy atom. The quantitative estimate of drug-likeness (QED) is 0.927. The van der Waals surface area contributed by atoms with Crippen molar-refractivity contribution in [2.24, 2.45) is 0 Å². The minimum absolute atomic E-state index is 0.0986. The van der Waals surface area contributed by atoms with Crippen molar-refractivity contribution in [1.29, 1.82) is 5.26 Å². The summed E-state index contributed by atoms with van der Waals surface area (Å²) in [5, 5.41) is 12.0. The van der Waals surface area contributed by atoms with Crippen molar-refractivity contribution in [3.8, 4) is 6.07 Å². The first-order valence-corrected chi connectivity index (χ1v) is 8.34. The minimum Gasteiger partial charge on any atom is -0.379 e. The molecular weight excluding hydrogens is 316 g/mol. The summed E-state index contributed by atoms with van der Waals surface area (Å²) >= 11 is 0. The molecule has 0 aliphatic carbocycles. The molecule has 126 valence electrons. The predicted molar refractivity (Wildman–Crippen MR) is 92.0 cm³/mol. The van der Waals surface area contributed by atoms with Gasteiger partial charge in [0.1, 0.15) is 5.92 Å². The van der Waals surface area contributed by atoms with Crippen molar-refractivity contribution in [2.45, 2.75) is 12.5 Å². The highest BCUT2D eigenvalue weighted by molar-refractivity contribution is 6.04. The zero-order valence-electron chi connectivity index (χ0n) is 13.7. The fourth-order valence-electron chi connectivity index (χ4n) is 3.34. The van der Waals surface area contributed by atoms with E-state index < -0.39 is 5.92 Å². The number of nitriles is 1. The molecule has 6 heteroatoms. The maximum Gasteiger partial charge on any atom is 0.238 e. The molecule has 1 aromatic carbocycles. The van der Waals surface area contributed by atoms with E-state index in [9.17, 15) is 4.79 Å². The number of fused-ring (bicyclic) bond motifs is 1. The molecule has 25 heavy (non-hydrogen) atoms. The molecule has 6 nitrogen and oxygen atoms in total. The average molecular weight is 334 g/mol. The number of amides is 1. The van der Waals surface area contributed by atoms with Crippen LogP contribution in [0.25, 0.3) is 0 Å². The van der Waals surface area contributed by atoms with Crippen molar-refractivity contribution >= 4 is 11.6 Å². The van der Waals surface area contributed by atoms with Crippen LogP contribution < -0.4 is 5.32 Å². The number of aromatic nitrogens is 1. The Kier molecular flexibility index (Phi) is 4.18. The SMILES string of the molecule is N#Cc1ccc2c(c1)[C@@H](c1ccc(CN3CCOCC3)cn1)C(=O)N2. The molecular formula is C19H18N4O2. The van der Waals surface area contributed by atoms with Crippen LogP contribution in [0.5, 0.6) is 0 Å². The van der Waals surface area contributed by atoms with Gasteiger partial charge >= 0.3 is 0 Å². The third kappa shape index (κ3) is 3.12. The molecule has 3 heterocycles. The number of hydrogen-bond acceptors (Lipinski definition) is 5. The summed E-state index contributed by atoms with van der Waals surface area (Å²) in [6, 6.07) is 11.3. The van der Waals surface area contributed by atoms with Crippen LogP contribution in [0.1, 0.15) is 28.3 Å². The molecule has 0 saturated carbocycles. The number of anilines is 1. The van der Waals surface area contributed by atoms with E-state index in [0.29, 0.717) is 11.3 Å². The molecule has 1 aromatic heterocycles. The summed E-state index contributed by atoms with van der Waals surface area (Å²) in [7, 11) is 0. The Morgan fingerprint density at radius 2 is 2.12 bits per heavy atom. The number of nitrogens with zero attached hydrogens (tertiary/aromatic N) is 3. The largest absolute Gasteiger partial charge is 0.379 e. The lowest BCUT2D eigenvalue weighted by Gasteiger charge is -2.26. The minimum atomic E-state index is -0.458. The molecule has 0 radical (unpaired) electrons. The van der Waals surface area contributed by atoms with Gasteiger partial charge in [-0.25, -0.2) is 0 Å². The van der Waals surface area contributed by atoms with Crippen LogP contribution in [-0.2, 0) is 16.1 Å². The standard InChI is InChI=1S/C19H18N4O2/c20-10-13-1-3-16-15(9-13)18(19(24)22-16)17-4-2-14(11-21-17)12-23-5-7-25-8-6-23/h1-4,9,11,18H,5-8,12H2,(H,22,24)/t18-/m0/s1. The summed E-state index contributed by atoms with van der Waals surface area (Å²) in [6.07, 6.45) is 1.84. The van der Waals surface area contributed by atoms with Crippen molar-refractivity contribution in [3.63, 3.8) is 0 Å². The molecule has 4 rings (SSSR count). The van der Waals surface area contributed by atoms with Gasteiger partial charge in [-0.2, -0.15) is 5.26 Å². The van der Waals surface area contributed by atoms with Crippen molar-refractivity contribution in [1.82, 2.24) is 9.88 Å². The van der Waals surface area contributed by atoms with Crippen molar-refractivity contribution < 1.29 is 9.53 Å². The number of rotatable bonds is 3. The number of ether oxygens (including phenoxy) is 1. The predicted octanol–water partition coefficient (Wildman–Crippen LogP) is 1.87. The molecule has 1 fully saturated rings. The smallest absolute Gasteiger partial charge is 0.238 e. The lowest BCUT2D eigenvalue weighted by Crippen LogP contribution is -2.35. The lowest BCUT2D eigenvalue weighted by molar-refractivity contribution is -0.116. The van der Waals surface area contributed by atoms with Gasteiger partial charge in [-0.3, -0.25) is 14.7 Å². The van der Waals surface area contributed by atoms with Crippen LogP contribution in [0, 0.1) is 11.3 Å². The number of pyridine rings is 1. The average Bonchev–Trinajstić information content (AvgIpc) is 2.98. The van der Waals surface area contributed by atoms with Gasteiger partial charge in [-0.15, -0.1) is 0 Å². The first kappa shape index (κ1) is 15.8.